The van der Waals surface area contributed by atoms with Crippen LogP contribution in [0.2, 0.25) is 0 Å². The van der Waals surface area contributed by atoms with E-state index in [1.807, 2.05) is 35.2 Å². The van der Waals surface area contributed by atoms with Gasteiger partial charge in [0.15, 0.2) is 0 Å². The van der Waals surface area contributed by atoms with Crippen LogP contribution in [0.5, 0.6) is 0 Å². The lowest BCUT2D eigenvalue weighted by atomic mass is 10.2. The molecule has 0 aliphatic carbocycles. The van der Waals surface area contributed by atoms with Crippen LogP contribution in [0.15, 0.2) is 65.7 Å². The van der Waals surface area contributed by atoms with Crippen LogP contribution in [0.3, 0.4) is 0 Å². The van der Waals surface area contributed by atoms with Gasteiger partial charge in [-0.05, 0) is 31.2 Å². The second-order valence-electron chi connectivity index (χ2n) is 6.80. The van der Waals surface area contributed by atoms with Crippen molar-refractivity contribution in [2.45, 2.75) is 13.0 Å². The van der Waals surface area contributed by atoms with Crippen molar-refractivity contribution in [1.82, 2.24) is 14.5 Å². The van der Waals surface area contributed by atoms with Gasteiger partial charge in [0, 0.05) is 31.9 Å². The summed E-state index contributed by atoms with van der Waals surface area (Å²) in [6.07, 6.45) is 1.48. The summed E-state index contributed by atoms with van der Waals surface area (Å²) >= 11 is 0. The van der Waals surface area contributed by atoms with Crippen molar-refractivity contribution in [1.29, 1.82) is 0 Å². The maximum absolute atomic E-state index is 12.9. The van der Waals surface area contributed by atoms with Gasteiger partial charge < -0.3 is 9.80 Å². The third-order valence-electron chi connectivity index (χ3n) is 5.18. The molecule has 1 atom stereocenters. The summed E-state index contributed by atoms with van der Waals surface area (Å²) in [4.78, 5) is 34.1. The summed E-state index contributed by atoms with van der Waals surface area (Å²) in [6.45, 7) is 4.63. The third kappa shape index (κ3) is 3.30. The number of carbonyl (C=O) groups excluding carboxylic acids is 1. The predicted molar refractivity (Wildman–Crippen MR) is 106 cm³/mol. The highest BCUT2D eigenvalue weighted by molar-refractivity contribution is 5.81. The van der Waals surface area contributed by atoms with E-state index in [1.165, 1.54) is 16.6 Å². The Bertz CT molecular complexity index is 1010. The van der Waals surface area contributed by atoms with Crippen LogP contribution in [0.25, 0.3) is 10.9 Å². The topological polar surface area (TPSA) is 58.4 Å². The molecule has 3 aromatic rings. The van der Waals surface area contributed by atoms with Gasteiger partial charge in [0.2, 0.25) is 5.91 Å². The molecule has 1 aliphatic heterocycles. The van der Waals surface area contributed by atoms with Gasteiger partial charge in [-0.15, -0.1) is 0 Å². The first-order chi connectivity index (χ1) is 13.1. The highest BCUT2D eigenvalue weighted by atomic mass is 16.2. The van der Waals surface area contributed by atoms with Crippen molar-refractivity contribution >= 4 is 22.5 Å². The summed E-state index contributed by atoms with van der Waals surface area (Å²) < 4.78 is 1.44. The van der Waals surface area contributed by atoms with Gasteiger partial charge >= 0.3 is 0 Å². The number of aromatic nitrogens is 2. The van der Waals surface area contributed by atoms with Gasteiger partial charge in [-0.25, -0.2) is 4.98 Å². The molecule has 0 bridgehead atoms. The quantitative estimate of drug-likeness (QED) is 0.717. The molecule has 2 aromatic carbocycles. The molecule has 2 heterocycles. The number of carbonyl (C=O) groups is 1. The summed E-state index contributed by atoms with van der Waals surface area (Å²) in [5.41, 5.74) is 1.65. The van der Waals surface area contributed by atoms with Crippen LogP contribution >= 0.6 is 0 Å². The van der Waals surface area contributed by atoms with Gasteiger partial charge in [0.25, 0.3) is 5.56 Å². The molecule has 0 N–H and O–H groups in total. The van der Waals surface area contributed by atoms with E-state index >= 15 is 0 Å². The zero-order chi connectivity index (χ0) is 18.8. The molecule has 0 spiro atoms. The fraction of sp³-hybridized carbons (Fsp3) is 0.286. The van der Waals surface area contributed by atoms with Crippen LogP contribution < -0.4 is 10.5 Å². The Morgan fingerprint density at radius 3 is 2.37 bits per heavy atom. The van der Waals surface area contributed by atoms with E-state index in [9.17, 15) is 9.59 Å². The van der Waals surface area contributed by atoms with Crippen molar-refractivity contribution in [2.75, 3.05) is 31.1 Å². The SMILES string of the molecule is C[C@@H](C(=O)N1CCN(c2ccccc2)CC1)n1cnc2ccccc2c1=O. The van der Waals surface area contributed by atoms with Gasteiger partial charge in [-0.3, -0.25) is 14.2 Å². The van der Waals surface area contributed by atoms with Gasteiger partial charge in [-0.2, -0.15) is 0 Å². The molecule has 4 rings (SSSR count). The molecule has 1 aromatic heterocycles. The van der Waals surface area contributed by atoms with E-state index in [2.05, 4.69) is 22.0 Å². The molecule has 6 heteroatoms. The highest BCUT2D eigenvalue weighted by Crippen LogP contribution is 2.18. The number of anilines is 1. The van der Waals surface area contributed by atoms with E-state index < -0.39 is 6.04 Å². The maximum atomic E-state index is 12.9. The molecular weight excluding hydrogens is 340 g/mol. The van der Waals surface area contributed by atoms with Gasteiger partial charge in [0.1, 0.15) is 6.04 Å². The molecule has 27 heavy (non-hydrogen) atoms. The lowest BCUT2D eigenvalue weighted by molar-refractivity contribution is -0.134. The molecule has 1 aliphatic rings. The number of rotatable bonds is 3. The predicted octanol–water partition coefficient (Wildman–Crippen LogP) is 2.31. The molecule has 1 fully saturated rings. The summed E-state index contributed by atoms with van der Waals surface area (Å²) in [7, 11) is 0. The Labute approximate surface area is 157 Å². The van der Waals surface area contributed by atoms with Crippen molar-refractivity contribution in [3.05, 3.63) is 71.3 Å². The first-order valence-corrected chi connectivity index (χ1v) is 9.20. The van der Waals surface area contributed by atoms with Crippen LogP contribution in [0, 0.1) is 0 Å². The van der Waals surface area contributed by atoms with E-state index in [4.69, 9.17) is 0 Å². The number of fused-ring (bicyclic) bond motifs is 1. The van der Waals surface area contributed by atoms with Crippen molar-refractivity contribution < 1.29 is 4.79 Å². The average molecular weight is 362 g/mol. The molecule has 138 valence electrons. The van der Waals surface area contributed by atoms with Crippen LogP contribution in [0.1, 0.15) is 13.0 Å². The summed E-state index contributed by atoms with van der Waals surface area (Å²) in [6, 6.07) is 16.8. The smallest absolute Gasteiger partial charge is 0.261 e. The van der Waals surface area contributed by atoms with Gasteiger partial charge in [0.05, 0.1) is 17.2 Å². The number of nitrogens with zero attached hydrogens (tertiary/aromatic N) is 4. The lowest BCUT2D eigenvalue weighted by Crippen LogP contribution is -2.51. The Kier molecular flexibility index (Phi) is 4.62. The second-order valence-corrected chi connectivity index (χ2v) is 6.80. The normalized spacial score (nSPS) is 15.7. The minimum absolute atomic E-state index is 0.0399. The first-order valence-electron chi connectivity index (χ1n) is 9.20. The van der Waals surface area contributed by atoms with Crippen molar-refractivity contribution in [3.63, 3.8) is 0 Å². The number of para-hydroxylation sites is 2. The summed E-state index contributed by atoms with van der Waals surface area (Å²) in [5, 5.41) is 0.536. The largest absolute Gasteiger partial charge is 0.368 e. The Balaban J connectivity index is 1.49. The molecular formula is C21H22N4O2. The number of piperazine rings is 1. The maximum Gasteiger partial charge on any atom is 0.261 e. The Morgan fingerprint density at radius 2 is 1.63 bits per heavy atom. The zero-order valence-corrected chi connectivity index (χ0v) is 15.3. The number of amides is 1. The van der Waals surface area contributed by atoms with E-state index in [0.29, 0.717) is 24.0 Å². The van der Waals surface area contributed by atoms with Crippen LogP contribution in [-0.4, -0.2) is 46.5 Å². The molecule has 1 saturated heterocycles. The fourth-order valence-electron chi connectivity index (χ4n) is 3.57. The fourth-order valence-corrected chi connectivity index (χ4v) is 3.57. The number of benzene rings is 2. The Hall–Kier alpha value is -3.15. The molecule has 0 saturated carbocycles. The first kappa shape index (κ1) is 17.3. The number of hydrogen-bond acceptors (Lipinski definition) is 4. The lowest BCUT2D eigenvalue weighted by Gasteiger charge is -2.37. The standard InChI is InChI=1S/C21H22N4O2/c1-16(25-15-22-19-10-6-5-9-18(19)21(25)27)20(26)24-13-11-23(12-14-24)17-7-3-2-4-8-17/h2-10,15-16H,11-14H2,1H3/t16-/m0/s1. The second kappa shape index (κ2) is 7.23. The average Bonchev–Trinajstić information content (AvgIpc) is 2.74. The Morgan fingerprint density at radius 1 is 0.963 bits per heavy atom. The molecule has 0 radical (unpaired) electrons. The van der Waals surface area contributed by atoms with Crippen LogP contribution in [0.4, 0.5) is 5.69 Å². The monoisotopic (exact) mass is 362 g/mol. The van der Waals surface area contributed by atoms with Crippen molar-refractivity contribution in [2.24, 2.45) is 0 Å². The van der Waals surface area contributed by atoms with E-state index in [-0.39, 0.29) is 11.5 Å². The van der Waals surface area contributed by atoms with E-state index in [1.54, 1.807) is 19.1 Å². The van der Waals surface area contributed by atoms with Crippen LogP contribution in [-0.2, 0) is 4.79 Å². The van der Waals surface area contributed by atoms with Gasteiger partial charge in [-0.1, -0.05) is 30.3 Å². The molecule has 6 nitrogen and oxygen atoms in total. The minimum Gasteiger partial charge on any atom is -0.368 e. The zero-order valence-electron chi connectivity index (χ0n) is 15.3. The molecule has 0 unspecified atom stereocenters. The highest BCUT2D eigenvalue weighted by Gasteiger charge is 2.26. The summed E-state index contributed by atoms with van der Waals surface area (Å²) in [5.74, 6) is -0.0399. The third-order valence-corrected chi connectivity index (χ3v) is 5.18. The minimum atomic E-state index is -0.571. The number of hydrogen-bond donors (Lipinski definition) is 0. The van der Waals surface area contributed by atoms with Crippen molar-refractivity contribution in [3.8, 4) is 0 Å². The molecule has 1 amide bonds. The van der Waals surface area contributed by atoms with E-state index in [0.717, 1.165) is 13.1 Å².